The summed E-state index contributed by atoms with van der Waals surface area (Å²) < 4.78 is 0. The van der Waals surface area contributed by atoms with Gasteiger partial charge in [0.2, 0.25) is 0 Å². The maximum absolute atomic E-state index is 12.7. The van der Waals surface area contributed by atoms with Crippen LogP contribution in [0.2, 0.25) is 5.02 Å². The number of rotatable bonds is 4. The van der Waals surface area contributed by atoms with Gasteiger partial charge in [-0.1, -0.05) is 18.0 Å². The second-order valence-corrected chi connectivity index (χ2v) is 7.94. The van der Waals surface area contributed by atoms with Crippen molar-refractivity contribution < 1.29 is 4.79 Å². The summed E-state index contributed by atoms with van der Waals surface area (Å²) in [5.41, 5.74) is 2.16. The van der Waals surface area contributed by atoms with Gasteiger partial charge in [0.15, 0.2) is 0 Å². The molecule has 0 atom stereocenters. The fourth-order valence-electron chi connectivity index (χ4n) is 3.48. The summed E-state index contributed by atoms with van der Waals surface area (Å²) in [5.74, 6) is -0.0723. The standard InChI is InChI=1S/C20H26ClN3O/c1-14-17(12-15-11-16(21)7-8-18(15)23-14)19(25)22-13-20(2,3)24-9-5-4-6-10-24/h7-8,11-12H,4-6,9-10,13H2,1-3H3,(H,22,25). The predicted molar refractivity (Wildman–Crippen MR) is 103 cm³/mol. The first-order valence-electron chi connectivity index (χ1n) is 8.97. The smallest absolute Gasteiger partial charge is 0.253 e. The third kappa shape index (κ3) is 4.13. The molecule has 134 valence electrons. The van der Waals surface area contributed by atoms with E-state index in [9.17, 15) is 4.79 Å². The molecule has 1 amide bonds. The van der Waals surface area contributed by atoms with E-state index in [1.54, 1.807) is 0 Å². The molecule has 1 saturated heterocycles. The van der Waals surface area contributed by atoms with Crippen molar-refractivity contribution in [3.8, 4) is 0 Å². The van der Waals surface area contributed by atoms with Gasteiger partial charge in [-0.15, -0.1) is 0 Å². The van der Waals surface area contributed by atoms with Crippen molar-refractivity contribution in [1.29, 1.82) is 0 Å². The van der Waals surface area contributed by atoms with Crippen LogP contribution in [0.4, 0.5) is 0 Å². The zero-order valence-electron chi connectivity index (χ0n) is 15.2. The number of nitrogens with one attached hydrogen (secondary N) is 1. The highest BCUT2D eigenvalue weighted by atomic mass is 35.5. The van der Waals surface area contributed by atoms with Gasteiger partial charge in [-0.2, -0.15) is 0 Å². The Morgan fingerprint density at radius 1 is 1.24 bits per heavy atom. The Kier molecular flexibility index (Phi) is 5.30. The Bertz CT molecular complexity index is 782. The summed E-state index contributed by atoms with van der Waals surface area (Å²) in [6.45, 7) is 9.11. The molecule has 0 radical (unpaired) electrons. The van der Waals surface area contributed by atoms with Crippen LogP contribution < -0.4 is 5.32 Å². The van der Waals surface area contributed by atoms with Crippen LogP contribution in [0.5, 0.6) is 0 Å². The summed E-state index contributed by atoms with van der Waals surface area (Å²) in [7, 11) is 0. The van der Waals surface area contributed by atoms with Gasteiger partial charge in [0.25, 0.3) is 5.91 Å². The SMILES string of the molecule is Cc1nc2ccc(Cl)cc2cc1C(=O)NCC(C)(C)N1CCCCC1. The molecule has 0 spiro atoms. The van der Waals surface area contributed by atoms with Gasteiger partial charge in [0, 0.05) is 22.5 Å². The number of hydrogen-bond donors (Lipinski definition) is 1. The number of pyridine rings is 1. The minimum Gasteiger partial charge on any atom is -0.350 e. The predicted octanol–water partition coefficient (Wildman–Crippen LogP) is 4.19. The summed E-state index contributed by atoms with van der Waals surface area (Å²) in [6, 6.07) is 7.42. The Morgan fingerprint density at radius 3 is 2.68 bits per heavy atom. The number of hydrogen-bond acceptors (Lipinski definition) is 3. The van der Waals surface area contributed by atoms with Crippen molar-refractivity contribution in [1.82, 2.24) is 15.2 Å². The largest absolute Gasteiger partial charge is 0.350 e. The van der Waals surface area contributed by atoms with E-state index in [-0.39, 0.29) is 11.4 Å². The van der Waals surface area contributed by atoms with Gasteiger partial charge in [-0.3, -0.25) is 14.7 Å². The topological polar surface area (TPSA) is 45.2 Å². The summed E-state index contributed by atoms with van der Waals surface area (Å²) in [5, 5.41) is 4.64. The first kappa shape index (κ1) is 18.2. The number of piperidine rings is 1. The molecule has 0 saturated carbocycles. The summed E-state index contributed by atoms with van der Waals surface area (Å²) >= 11 is 6.06. The number of carbonyl (C=O) groups excluding carboxylic acids is 1. The van der Waals surface area contributed by atoms with Crippen LogP contribution in [-0.2, 0) is 0 Å². The maximum atomic E-state index is 12.7. The van der Waals surface area contributed by atoms with E-state index in [4.69, 9.17) is 11.6 Å². The van der Waals surface area contributed by atoms with E-state index in [0.717, 1.165) is 29.7 Å². The molecule has 0 bridgehead atoms. The van der Waals surface area contributed by atoms with Crippen molar-refractivity contribution in [2.24, 2.45) is 0 Å². The van der Waals surface area contributed by atoms with Crippen molar-refractivity contribution >= 4 is 28.4 Å². The van der Waals surface area contributed by atoms with Crippen LogP contribution in [0, 0.1) is 6.92 Å². The minimum absolute atomic E-state index is 0.0441. The normalized spacial score (nSPS) is 16.2. The van der Waals surface area contributed by atoms with Crippen LogP contribution in [0.1, 0.15) is 49.2 Å². The molecule has 25 heavy (non-hydrogen) atoms. The maximum Gasteiger partial charge on any atom is 0.253 e. The molecule has 2 heterocycles. The molecule has 2 aromatic rings. The molecule has 5 heteroatoms. The number of fused-ring (bicyclic) bond motifs is 1. The first-order valence-corrected chi connectivity index (χ1v) is 9.35. The van der Waals surface area contributed by atoms with E-state index in [2.05, 4.69) is 29.0 Å². The number of carbonyl (C=O) groups is 1. The van der Waals surface area contributed by atoms with Gasteiger partial charge in [0.05, 0.1) is 16.8 Å². The second kappa shape index (κ2) is 7.30. The molecule has 1 N–H and O–H groups in total. The Labute approximate surface area is 154 Å². The average Bonchev–Trinajstić information content (AvgIpc) is 2.60. The number of aryl methyl sites for hydroxylation is 1. The lowest BCUT2D eigenvalue weighted by molar-refractivity contribution is 0.0797. The molecule has 1 aliphatic rings. The molecule has 1 aliphatic heterocycles. The summed E-state index contributed by atoms with van der Waals surface area (Å²) in [4.78, 5) is 19.7. The van der Waals surface area contributed by atoms with E-state index in [1.165, 1.54) is 19.3 Å². The molecule has 0 unspecified atom stereocenters. The van der Waals surface area contributed by atoms with Crippen molar-refractivity contribution in [3.05, 3.63) is 40.5 Å². The molecule has 4 nitrogen and oxygen atoms in total. The molecular formula is C20H26ClN3O. The van der Waals surface area contributed by atoms with Crippen LogP contribution >= 0.6 is 11.6 Å². The molecule has 1 aromatic heterocycles. The lowest BCUT2D eigenvalue weighted by atomic mass is 9.98. The third-order valence-corrected chi connectivity index (χ3v) is 5.34. The Hall–Kier alpha value is -1.65. The first-order chi connectivity index (χ1) is 11.9. The van der Waals surface area contributed by atoms with E-state index in [0.29, 0.717) is 17.1 Å². The molecular weight excluding hydrogens is 334 g/mol. The van der Waals surface area contributed by atoms with Crippen molar-refractivity contribution in [3.63, 3.8) is 0 Å². The van der Waals surface area contributed by atoms with Crippen LogP contribution in [-0.4, -0.2) is 41.0 Å². The zero-order valence-corrected chi connectivity index (χ0v) is 16.0. The van der Waals surface area contributed by atoms with E-state index in [1.807, 2.05) is 31.2 Å². The Balaban J connectivity index is 1.74. The number of nitrogens with zero attached hydrogens (tertiary/aromatic N) is 2. The van der Waals surface area contributed by atoms with Crippen LogP contribution in [0.25, 0.3) is 10.9 Å². The van der Waals surface area contributed by atoms with Crippen LogP contribution in [0.3, 0.4) is 0 Å². The minimum atomic E-state index is -0.0723. The Morgan fingerprint density at radius 2 is 1.96 bits per heavy atom. The van der Waals surface area contributed by atoms with Gasteiger partial charge < -0.3 is 5.32 Å². The quantitative estimate of drug-likeness (QED) is 0.890. The number of halogens is 1. The van der Waals surface area contributed by atoms with Gasteiger partial charge in [0.1, 0.15) is 0 Å². The van der Waals surface area contributed by atoms with Crippen molar-refractivity contribution in [2.45, 2.75) is 45.6 Å². The number of likely N-dealkylation sites (tertiary alicyclic amines) is 1. The molecule has 1 aromatic carbocycles. The number of benzene rings is 1. The summed E-state index contributed by atoms with van der Waals surface area (Å²) in [6.07, 6.45) is 3.79. The van der Waals surface area contributed by atoms with Gasteiger partial charge in [-0.05, 0) is 71.0 Å². The van der Waals surface area contributed by atoms with E-state index >= 15 is 0 Å². The third-order valence-electron chi connectivity index (χ3n) is 5.11. The second-order valence-electron chi connectivity index (χ2n) is 7.50. The highest BCUT2D eigenvalue weighted by molar-refractivity contribution is 6.31. The lowest BCUT2D eigenvalue weighted by Gasteiger charge is -2.41. The molecule has 0 aliphatic carbocycles. The molecule has 3 rings (SSSR count). The highest BCUT2D eigenvalue weighted by Crippen LogP contribution is 2.22. The zero-order chi connectivity index (χ0) is 18.0. The van der Waals surface area contributed by atoms with E-state index < -0.39 is 0 Å². The van der Waals surface area contributed by atoms with Crippen molar-refractivity contribution in [2.75, 3.05) is 19.6 Å². The highest BCUT2D eigenvalue weighted by Gasteiger charge is 2.28. The lowest BCUT2D eigenvalue weighted by Crippen LogP contribution is -2.53. The van der Waals surface area contributed by atoms with Crippen LogP contribution in [0.15, 0.2) is 24.3 Å². The number of aromatic nitrogens is 1. The molecule has 1 fully saturated rings. The van der Waals surface area contributed by atoms with Gasteiger partial charge >= 0.3 is 0 Å². The monoisotopic (exact) mass is 359 g/mol. The van der Waals surface area contributed by atoms with Gasteiger partial charge in [-0.25, -0.2) is 0 Å². The fraction of sp³-hybridized carbons (Fsp3) is 0.500. The number of amides is 1. The average molecular weight is 360 g/mol. The fourth-order valence-corrected chi connectivity index (χ4v) is 3.66.